The average Bonchev–Trinajstić information content (AvgIpc) is 3.69. The number of imidazole rings is 1. The van der Waals surface area contributed by atoms with Gasteiger partial charge >= 0.3 is 0 Å². The fourth-order valence-corrected chi connectivity index (χ4v) is 6.64. The highest BCUT2D eigenvalue weighted by Crippen LogP contribution is 2.29. The van der Waals surface area contributed by atoms with Gasteiger partial charge in [-0.15, -0.1) is 5.11 Å². The number of carbonyl (C=O) groups excluding carboxylic acids is 4. The standard InChI is InChI=1S/C50H63N9O10/c1-2-22-59-44-15-8-36(33-42(44)55-50(59)56-49(64)40-7-3-6-39(35-40)47(52)62)10-17-46(61)53-20-4-23-65-25-27-67-29-31-69-32-30-68-28-26-66-24-5-21-54-48(63)38-11-13-41(14-12-38)57-58-43-34-37(18-19-51)9-16-45(43)60/h3,6-17,33-35,60H,2,4-5,18-32,51H2,1H3,(H2,52,62)(H,53,61)(H,54,63)(H,55,56,64)/b17-10+,58-57+. The number of aromatic hydroxyl groups is 1. The maximum atomic E-state index is 13.0. The second kappa shape index (κ2) is 29.8. The number of ether oxygens (including phenoxy) is 5. The van der Waals surface area contributed by atoms with Crippen molar-refractivity contribution in [1.29, 1.82) is 0 Å². The number of fused-ring (bicyclic) bond motifs is 1. The molecule has 0 aliphatic carbocycles. The van der Waals surface area contributed by atoms with Gasteiger partial charge in [0, 0.05) is 55.6 Å². The van der Waals surface area contributed by atoms with E-state index in [4.69, 9.17) is 35.2 Å². The van der Waals surface area contributed by atoms with Crippen molar-refractivity contribution in [2.24, 2.45) is 26.7 Å². The molecule has 19 nitrogen and oxygen atoms in total. The van der Waals surface area contributed by atoms with E-state index >= 15 is 0 Å². The number of phenols is 1. The summed E-state index contributed by atoms with van der Waals surface area (Å²) in [7, 11) is 0. The van der Waals surface area contributed by atoms with Crippen LogP contribution in [-0.2, 0) is 41.4 Å². The molecule has 1 aromatic heterocycles. The van der Waals surface area contributed by atoms with E-state index < -0.39 is 11.8 Å². The summed E-state index contributed by atoms with van der Waals surface area (Å²) in [5, 5.41) is 24.1. The largest absolute Gasteiger partial charge is 0.506 e. The lowest BCUT2D eigenvalue weighted by atomic mass is 10.1. The third-order valence-corrected chi connectivity index (χ3v) is 10.2. The smallest absolute Gasteiger partial charge is 0.280 e. The number of carbonyl (C=O) groups is 4. The van der Waals surface area contributed by atoms with Crippen molar-refractivity contribution in [1.82, 2.24) is 20.2 Å². The maximum absolute atomic E-state index is 13.0. The van der Waals surface area contributed by atoms with E-state index in [-0.39, 0.29) is 28.7 Å². The summed E-state index contributed by atoms with van der Waals surface area (Å²) in [6.07, 6.45) is 5.97. The SMILES string of the molecule is CCCn1/c(=N/C(=O)c2cccc(C(N)=O)c2)[nH]c2cc(/C=C/C(=O)NCCCOCCOCCOCCOCCOCCCNC(=O)c3ccc(/N=N/c4cc(CCN)ccc4O)cc3)ccc21. The molecule has 0 fully saturated rings. The number of aryl methyl sites for hydroxylation is 1. The number of amides is 4. The molecule has 0 aliphatic heterocycles. The second-order valence-electron chi connectivity index (χ2n) is 15.5. The summed E-state index contributed by atoms with van der Waals surface area (Å²) in [6, 6.07) is 23.7. The van der Waals surface area contributed by atoms with E-state index in [0.717, 1.165) is 28.6 Å². The highest BCUT2D eigenvalue weighted by Gasteiger charge is 2.12. The lowest BCUT2D eigenvalue weighted by Crippen LogP contribution is -2.25. The van der Waals surface area contributed by atoms with Gasteiger partial charge in [-0.1, -0.05) is 25.1 Å². The van der Waals surface area contributed by atoms with Crippen LogP contribution in [0.1, 0.15) is 68.4 Å². The summed E-state index contributed by atoms with van der Waals surface area (Å²) in [5.41, 5.74) is 16.6. The quantitative estimate of drug-likeness (QED) is 0.0189. The minimum atomic E-state index is -0.624. The number of phenolic OH excluding ortho intramolecular Hbond substituents is 1. The first-order valence-corrected chi connectivity index (χ1v) is 23.0. The molecule has 5 aromatic rings. The van der Waals surface area contributed by atoms with Gasteiger partial charge < -0.3 is 60.4 Å². The molecule has 19 heteroatoms. The molecule has 8 N–H and O–H groups in total. The van der Waals surface area contributed by atoms with Crippen LogP contribution in [0.5, 0.6) is 5.75 Å². The van der Waals surface area contributed by atoms with E-state index in [9.17, 15) is 24.3 Å². The Morgan fingerprint density at radius 1 is 0.725 bits per heavy atom. The number of azo groups is 1. The van der Waals surface area contributed by atoms with Crippen LogP contribution < -0.4 is 27.7 Å². The zero-order valence-electron chi connectivity index (χ0n) is 39.0. The Morgan fingerprint density at radius 2 is 1.36 bits per heavy atom. The minimum absolute atomic E-state index is 0.0287. The number of H-pyrrole nitrogens is 1. The molecule has 5 rings (SSSR count). The van der Waals surface area contributed by atoms with Crippen LogP contribution in [0.3, 0.4) is 0 Å². The lowest BCUT2D eigenvalue weighted by Gasteiger charge is -2.08. The molecule has 0 saturated carbocycles. The van der Waals surface area contributed by atoms with Gasteiger partial charge in [-0.2, -0.15) is 10.1 Å². The topological polar surface area (TPSA) is 269 Å². The Balaban J connectivity index is 0.817. The highest BCUT2D eigenvalue weighted by molar-refractivity contribution is 5.99. The van der Waals surface area contributed by atoms with Crippen molar-refractivity contribution in [3.05, 3.63) is 124 Å². The Kier molecular flexibility index (Phi) is 22.9. The Bertz CT molecular complexity index is 2550. The first-order valence-electron chi connectivity index (χ1n) is 23.0. The molecule has 0 saturated heterocycles. The van der Waals surface area contributed by atoms with E-state index in [2.05, 4.69) is 30.8 Å². The van der Waals surface area contributed by atoms with E-state index in [1.807, 2.05) is 29.7 Å². The van der Waals surface area contributed by atoms with Crippen LogP contribution in [0, 0.1) is 0 Å². The number of aromatic nitrogens is 2. The number of benzene rings is 4. The number of nitrogens with one attached hydrogen (secondary N) is 3. The van der Waals surface area contributed by atoms with Crippen LogP contribution in [-0.4, -0.2) is 124 Å². The van der Waals surface area contributed by atoms with Crippen LogP contribution >= 0.6 is 0 Å². The van der Waals surface area contributed by atoms with Crippen LogP contribution in [0.4, 0.5) is 11.4 Å². The predicted octanol–water partition coefficient (Wildman–Crippen LogP) is 5.26. The number of nitrogens with zero attached hydrogens (tertiary/aromatic N) is 4. The predicted molar refractivity (Wildman–Crippen MR) is 261 cm³/mol. The van der Waals surface area contributed by atoms with Gasteiger partial charge in [0.15, 0.2) is 0 Å². The highest BCUT2D eigenvalue weighted by atomic mass is 16.6. The summed E-state index contributed by atoms with van der Waals surface area (Å²) < 4.78 is 29.7. The fraction of sp³-hybridized carbons (Fsp3) is 0.380. The van der Waals surface area contributed by atoms with Crippen molar-refractivity contribution < 1.29 is 48.0 Å². The fourth-order valence-electron chi connectivity index (χ4n) is 6.64. The molecule has 1 heterocycles. The van der Waals surface area contributed by atoms with Gasteiger partial charge in [-0.25, -0.2) is 0 Å². The first-order chi connectivity index (χ1) is 33.6. The van der Waals surface area contributed by atoms with Crippen molar-refractivity contribution in [2.75, 3.05) is 85.7 Å². The number of rotatable bonds is 31. The molecule has 368 valence electrons. The molecule has 0 bridgehead atoms. The average molecular weight is 950 g/mol. The zero-order chi connectivity index (χ0) is 49.1. The van der Waals surface area contributed by atoms with Crippen LogP contribution in [0.2, 0.25) is 0 Å². The van der Waals surface area contributed by atoms with E-state index in [1.54, 1.807) is 66.7 Å². The Hall–Kier alpha value is -6.87. The zero-order valence-corrected chi connectivity index (χ0v) is 39.0. The molecular formula is C50H63N9O10. The van der Waals surface area contributed by atoms with Gasteiger partial charge in [-0.3, -0.25) is 19.2 Å². The van der Waals surface area contributed by atoms with Gasteiger partial charge in [0.25, 0.3) is 11.8 Å². The number of aromatic amines is 1. The molecule has 69 heavy (non-hydrogen) atoms. The van der Waals surface area contributed by atoms with E-state index in [1.165, 1.54) is 12.1 Å². The van der Waals surface area contributed by atoms with E-state index in [0.29, 0.717) is 134 Å². The van der Waals surface area contributed by atoms with Gasteiger partial charge in [0.2, 0.25) is 17.4 Å². The molecule has 0 aliphatic rings. The second-order valence-corrected chi connectivity index (χ2v) is 15.5. The van der Waals surface area contributed by atoms with Gasteiger partial charge in [0.1, 0.15) is 11.4 Å². The number of nitrogens with two attached hydrogens (primary N) is 2. The van der Waals surface area contributed by atoms with Crippen molar-refractivity contribution in [2.45, 2.75) is 39.2 Å². The summed E-state index contributed by atoms with van der Waals surface area (Å²) >= 11 is 0. The molecule has 0 radical (unpaired) electrons. The third kappa shape index (κ3) is 18.6. The lowest BCUT2D eigenvalue weighted by molar-refractivity contribution is -0.116. The van der Waals surface area contributed by atoms with Crippen molar-refractivity contribution in [3.63, 3.8) is 0 Å². The summed E-state index contributed by atoms with van der Waals surface area (Å²) in [6.45, 7) is 8.48. The molecular weight excluding hydrogens is 887 g/mol. The normalized spacial score (nSPS) is 11.8. The first kappa shape index (κ1) is 53.1. The Labute approximate surface area is 400 Å². The number of hydrogen-bond acceptors (Lipinski definition) is 13. The van der Waals surface area contributed by atoms with Gasteiger partial charge in [-0.05, 0) is 116 Å². The summed E-state index contributed by atoms with van der Waals surface area (Å²) in [4.78, 5) is 57.0. The molecule has 4 aromatic carbocycles. The molecule has 0 unspecified atom stereocenters. The summed E-state index contributed by atoms with van der Waals surface area (Å²) in [5.74, 6) is -1.53. The van der Waals surface area contributed by atoms with Gasteiger partial charge in [0.05, 0.1) is 69.6 Å². The molecule has 0 spiro atoms. The number of hydrogen-bond donors (Lipinski definition) is 6. The molecule has 4 amide bonds. The number of primary amides is 1. The van der Waals surface area contributed by atoms with Crippen LogP contribution in [0.15, 0.2) is 106 Å². The van der Waals surface area contributed by atoms with Crippen molar-refractivity contribution in [3.8, 4) is 5.75 Å². The maximum Gasteiger partial charge on any atom is 0.280 e. The van der Waals surface area contributed by atoms with Crippen molar-refractivity contribution >= 4 is 52.1 Å². The third-order valence-electron chi connectivity index (χ3n) is 10.2. The van der Waals surface area contributed by atoms with Crippen LogP contribution in [0.25, 0.3) is 17.1 Å². The minimum Gasteiger partial charge on any atom is -0.506 e. The monoisotopic (exact) mass is 949 g/mol. The Morgan fingerprint density at radius 3 is 2.00 bits per heavy atom. The molecule has 0 atom stereocenters.